The monoisotopic (exact) mass is 355 g/mol. The van der Waals surface area contributed by atoms with Gasteiger partial charge in [0.25, 0.3) is 0 Å². The average Bonchev–Trinajstić information content (AvgIpc) is 2.65. The highest BCUT2D eigenvalue weighted by Gasteiger charge is 2.27. The first-order chi connectivity index (χ1) is 12.3. The standard InChI is InChI=1S/C23H33NO2/c1-17(2)22(20-10-8-7-9-11-20)16-23(4,5)24-26-18(3)19-12-14-21(25-6)15-13-19/h7-15,17-18,22,24H,16H2,1-6H3. The lowest BCUT2D eigenvalue weighted by Crippen LogP contribution is -2.41. The zero-order valence-corrected chi connectivity index (χ0v) is 17.0. The van der Waals surface area contributed by atoms with E-state index in [4.69, 9.17) is 9.57 Å². The Balaban J connectivity index is 1.97. The average molecular weight is 356 g/mol. The van der Waals surface area contributed by atoms with Gasteiger partial charge in [-0.2, -0.15) is 5.48 Å². The Bertz CT molecular complexity index is 650. The van der Waals surface area contributed by atoms with Gasteiger partial charge in [-0.25, -0.2) is 0 Å². The van der Waals surface area contributed by atoms with Crippen LogP contribution in [0.15, 0.2) is 54.6 Å². The highest BCUT2D eigenvalue weighted by atomic mass is 16.7. The van der Waals surface area contributed by atoms with E-state index in [9.17, 15) is 0 Å². The smallest absolute Gasteiger partial charge is 0.118 e. The normalized spacial score (nSPS) is 14.3. The van der Waals surface area contributed by atoms with E-state index < -0.39 is 0 Å². The lowest BCUT2D eigenvalue weighted by Gasteiger charge is -2.33. The maximum atomic E-state index is 5.99. The molecule has 0 fully saturated rings. The van der Waals surface area contributed by atoms with Gasteiger partial charge in [0.1, 0.15) is 11.9 Å². The number of benzene rings is 2. The summed E-state index contributed by atoms with van der Waals surface area (Å²) < 4.78 is 5.21. The lowest BCUT2D eigenvalue weighted by molar-refractivity contribution is -0.0636. The fraction of sp³-hybridized carbons (Fsp3) is 0.478. The van der Waals surface area contributed by atoms with Crippen LogP contribution in [0, 0.1) is 5.92 Å². The van der Waals surface area contributed by atoms with Gasteiger partial charge in [0.05, 0.1) is 7.11 Å². The van der Waals surface area contributed by atoms with Crippen LogP contribution in [0.4, 0.5) is 0 Å². The summed E-state index contributed by atoms with van der Waals surface area (Å²) in [5, 5.41) is 0. The molecule has 2 aromatic rings. The van der Waals surface area contributed by atoms with Crippen molar-refractivity contribution < 1.29 is 9.57 Å². The third-order valence-electron chi connectivity index (χ3n) is 4.86. The topological polar surface area (TPSA) is 30.5 Å². The number of hydroxylamine groups is 1. The van der Waals surface area contributed by atoms with Gasteiger partial charge in [0.2, 0.25) is 0 Å². The summed E-state index contributed by atoms with van der Waals surface area (Å²) in [6, 6.07) is 18.8. The number of hydrogen-bond acceptors (Lipinski definition) is 3. The predicted molar refractivity (Wildman–Crippen MR) is 108 cm³/mol. The van der Waals surface area contributed by atoms with E-state index in [1.807, 2.05) is 24.3 Å². The molecule has 0 heterocycles. The first-order valence-electron chi connectivity index (χ1n) is 9.44. The first-order valence-corrected chi connectivity index (χ1v) is 9.44. The van der Waals surface area contributed by atoms with E-state index in [0.29, 0.717) is 11.8 Å². The predicted octanol–water partition coefficient (Wildman–Crippen LogP) is 5.89. The second kappa shape index (κ2) is 9.20. The fourth-order valence-corrected chi connectivity index (χ4v) is 3.22. The SMILES string of the molecule is COc1ccc(C(C)ONC(C)(C)CC(c2ccccc2)C(C)C)cc1. The van der Waals surface area contributed by atoms with E-state index in [-0.39, 0.29) is 11.6 Å². The van der Waals surface area contributed by atoms with E-state index >= 15 is 0 Å². The summed E-state index contributed by atoms with van der Waals surface area (Å²) in [6.45, 7) is 11.0. The van der Waals surface area contributed by atoms with Crippen molar-refractivity contribution in [2.45, 2.75) is 58.6 Å². The Morgan fingerprint density at radius 3 is 2.04 bits per heavy atom. The van der Waals surface area contributed by atoms with Crippen LogP contribution >= 0.6 is 0 Å². The summed E-state index contributed by atoms with van der Waals surface area (Å²) in [4.78, 5) is 5.99. The van der Waals surface area contributed by atoms with Crippen LogP contribution in [0.1, 0.15) is 64.2 Å². The maximum Gasteiger partial charge on any atom is 0.118 e. The van der Waals surface area contributed by atoms with Gasteiger partial charge >= 0.3 is 0 Å². The van der Waals surface area contributed by atoms with Crippen molar-refractivity contribution in [3.8, 4) is 5.75 Å². The molecule has 0 aliphatic carbocycles. The van der Waals surface area contributed by atoms with Gasteiger partial charge in [-0.3, -0.25) is 4.84 Å². The molecule has 0 bridgehead atoms. The summed E-state index contributed by atoms with van der Waals surface area (Å²) in [7, 11) is 1.68. The molecule has 1 N–H and O–H groups in total. The first kappa shape index (κ1) is 20.5. The molecule has 0 saturated heterocycles. The Morgan fingerprint density at radius 1 is 0.885 bits per heavy atom. The Morgan fingerprint density at radius 2 is 1.50 bits per heavy atom. The van der Waals surface area contributed by atoms with Gasteiger partial charge in [0.15, 0.2) is 0 Å². The maximum absolute atomic E-state index is 5.99. The molecule has 3 heteroatoms. The zero-order valence-electron chi connectivity index (χ0n) is 17.0. The number of rotatable bonds is 9. The number of nitrogens with one attached hydrogen (secondary N) is 1. The van der Waals surface area contributed by atoms with Crippen molar-refractivity contribution in [2.75, 3.05) is 7.11 Å². The molecule has 2 unspecified atom stereocenters. The van der Waals surface area contributed by atoms with Crippen LogP contribution in [0.2, 0.25) is 0 Å². The van der Waals surface area contributed by atoms with Crippen molar-refractivity contribution in [1.29, 1.82) is 0 Å². The van der Waals surface area contributed by atoms with Crippen molar-refractivity contribution in [1.82, 2.24) is 5.48 Å². The van der Waals surface area contributed by atoms with E-state index in [2.05, 4.69) is 70.4 Å². The van der Waals surface area contributed by atoms with Gasteiger partial charge < -0.3 is 4.74 Å². The second-order valence-corrected chi connectivity index (χ2v) is 7.98. The molecule has 0 radical (unpaired) electrons. The van der Waals surface area contributed by atoms with Crippen molar-refractivity contribution >= 4 is 0 Å². The number of ether oxygens (including phenoxy) is 1. The van der Waals surface area contributed by atoms with Gasteiger partial charge in [-0.15, -0.1) is 0 Å². The summed E-state index contributed by atoms with van der Waals surface area (Å²) >= 11 is 0. The minimum Gasteiger partial charge on any atom is -0.497 e. The molecule has 0 amide bonds. The molecule has 2 rings (SSSR count). The van der Waals surface area contributed by atoms with Gasteiger partial charge in [0, 0.05) is 5.54 Å². The molecule has 0 saturated carbocycles. The van der Waals surface area contributed by atoms with Crippen LogP contribution in [-0.4, -0.2) is 12.6 Å². The van der Waals surface area contributed by atoms with Crippen LogP contribution in [-0.2, 0) is 4.84 Å². The minimum absolute atomic E-state index is 0.0330. The molecule has 142 valence electrons. The highest BCUT2D eigenvalue weighted by molar-refractivity contribution is 5.28. The molecule has 0 spiro atoms. The molecule has 2 aromatic carbocycles. The molecule has 26 heavy (non-hydrogen) atoms. The van der Waals surface area contributed by atoms with E-state index in [1.54, 1.807) is 7.11 Å². The number of hydrogen-bond donors (Lipinski definition) is 1. The van der Waals surface area contributed by atoms with Gasteiger partial charge in [-0.05, 0) is 62.3 Å². The third kappa shape index (κ3) is 5.86. The van der Waals surface area contributed by atoms with Crippen molar-refractivity contribution in [3.05, 3.63) is 65.7 Å². The molecular formula is C23H33NO2. The molecule has 2 atom stereocenters. The largest absolute Gasteiger partial charge is 0.497 e. The molecular weight excluding hydrogens is 322 g/mol. The number of methoxy groups -OCH3 is 1. The van der Waals surface area contributed by atoms with Crippen molar-refractivity contribution in [3.63, 3.8) is 0 Å². The van der Waals surface area contributed by atoms with E-state index in [1.165, 1.54) is 5.56 Å². The lowest BCUT2D eigenvalue weighted by atomic mass is 9.79. The van der Waals surface area contributed by atoms with Crippen LogP contribution in [0.3, 0.4) is 0 Å². The quantitative estimate of drug-likeness (QED) is 0.569. The molecule has 0 aromatic heterocycles. The van der Waals surface area contributed by atoms with Crippen molar-refractivity contribution in [2.24, 2.45) is 5.92 Å². The summed E-state index contributed by atoms with van der Waals surface area (Å²) in [5.41, 5.74) is 5.69. The Labute approximate surface area is 158 Å². The summed E-state index contributed by atoms with van der Waals surface area (Å²) in [5.74, 6) is 1.91. The molecule has 0 aliphatic heterocycles. The second-order valence-electron chi connectivity index (χ2n) is 7.98. The van der Waals surface area contributed by atoms with E-state index in [0.717, 1.165) is 17.7 Å². The molecule has 3 nitrogen and oxygen atoms in total. The van der Waals surface area contributed by atoms with Gasteiger partial charge in [-0.1, -0.05) is 56.3 Å². The van der Waals surface area contributed by atoms with Crippen LogP contribution in [0.25, 0.3) is 0 Å². The van der Waals surface area contributed by atoms with Crippen LogP contribution < -0.4 is 10.2 Å². The Kier molecular flexibility index (Phi) is 7.24. The van der Waals surface area contributed by atoms with Crippen LogP contribution in [0.5, 0.6) is 5.75 Å². The fourth-order valence-electron chi connectivity index (χ4n) is 3.22. The highest BCUT2D eigenvalue weighted by Crippen LogP contribution is 2.33. The minimum atomic E-state index is -0.133. The zero-order chi connectivity index (χ0) is 19.2. The third-order valence-corrected chi connectivity index (χ3v) is 4.86. The molecule has 0 aliphatic rings. The summed E-state index contributed by atoms with van der Waals surface area (Å²) in [6.07, 6.45) is 0.971. The Hall–Kier alpha value is -1.84.